The van der Waals surface area contributed by atoms with E-state index in [1.165, 1.54) is 5.69 Å². The van der Waals surface area contributed by atoms with Crippen LogP contribution in [0.4, 0.5) is 0 Å². The predicted octanol–water partition coefficient (Wildman–Crippen LogP) is 1.49. The number of carbonyl (C=O) groups excluding carboxylic acids is 1. The molecule has 1 fully saturated rings. The van der Waals surface area contributed by atoms with E-state index in [0.717, 1.165) is 38.8 Å². The zero-order valence-corrected chi connectivity index (χ0v) is 8.80. The number of aromatic nitrogens is 1. The number of piperidine rings is 1. The van der Waals surface area contributed by atoms with Crippen molar-refractivity contribution in [3.05, 3.63) is 30.1 Å². The monoisotopic (exact) mass is 204 g/mol. The molecule has 0 radical (unpaired) electrons. The zero-order valence-electron chi connectivity index (χ0n) is 8.80. The van der Waals surface area contributed by atoms with Crippen LogP contribution in [0.2, 0.25) is 0 Å². The average Bonchev–Trinajstić information content (AvgIpc) is 2.31. The molecule has 1 aliphatic rings. The number of hydrogen-bond donors (Lipinski definition) is 0. The van der Waals surface area contributed by atoms with Crippen LogP contribution in [0.3, 0.4) is 0 Å². The van der Waals surface area contributed by atoms with Gasteiger partial charge in [0.1, 0.15) is 0 Å². The Bertz CT molecular complexity index is 305. The number of pyridine rings is 1. The first-order valence-electron chi connectivity index (χ1n) is 5.48. The standard InChI is InChI=1S/C12H16N2O/c15-10-14-7-4-11(5-8-14)9-12-3-1-2-6-13-12/h1-3,6,10-11H,4-5,7-9H2. The fourth-order valence-corrected chi connectivity index (χ4v) is 2.08. The molecule has 1 saturated heterocycles. The fraction of sp³-hybridized carbons (Fsp3) is 0.500. The Morgan fingerprint density at radius 1 is 1.40 bits per heavy atom. The molecule has 1 aromatic heterocycles. The minimum atomic E-state index is 0.691. The molecule has 0 aromatic carbocycles. The summed E-state index contributed by atoms with van der Waals surface area (Å²) in [5.74, 6) is 0.691. The number of amides is 1. The molecule has 1 aromatic rings. The molecule has 0 N–H and O–H groups in total. The van der Waals surface area contributed by atoms with Crippen LogP contribution in [-0.2, 0) is 11.2 Å². The Labute approximate surface area is 90.1 Å². The average molecular weight is 204 g/mol. The largest absolute Gasteiger partial charge is 0.345 e. The van der Waals surface area contributed by atoms with Gasteiger partial charge in [-0.1, -0.05) is 6.07 Å². The second-order valence-corrected chi connectivity index (χ2v) is 4.11. The number of nitrogens with zero attached hydrogens (tertiary/aromatic N) is 2. The lowest BCUT2D eigenvalue weighted by Crippen LogP contribution is -2.33. The van der Waals surface area contributed by atoms with Gasteiger partial charge in [-0.25, -0.2) is 0 Å². The third-order valence-electron chi connectivity index (χ3n) is 3.02. The Morgan fingerprint density at radius 2 is 2.20 bits per heavy atom. The van der Waals surface area contributed by atoms with Gasteiger partial charge in [-0.2, -0.15) is 0 Å². The molecule has 2 heterocycles. The molecule has 1 aliphatic heterocycles. The number of hydrogen-bond acceptors (Lipinski definition) is 2. The van der Waals surface area contributed by atoms with Gasteiger partial charge >= 0.3 is 0 Å². The highest BCUT2D eigenvalue weighted by molar-refractivity contribution is 5.47. The number of likely N-dealkylation sites (tertiary alicyclic amines) is 1. The summed E-state index contributed by atoms with van der Waals surface area (Å²) < 4.78 is 0. The molecule has 1 amide bonds. The molecule has 15 heavy (non-hydrogen) atoms. The van der Waals surface area contributed by atoms with Gasteiger partial charge in [0, 0.05) is 25.0 Å². The van der Waals surface area contributed by atoms with E-state index < -0.39 is 0 Å². The van der Waals surface area contributed by atoms with Crippen LogP contribution in [0.5, 0.6) is 0 Å². The SMILES string of the molecule is O=CN1CCC(Cc2ccccn2)CC1. The van der Waals surface area contributed by atoms with E-state index in [9.17, 15) is 4.79 Å². The Kier molecular flexibility index (Phi) is 3.33. The van der Waals surface area contributed by atoms with E-state index in [-0.39, 0.29) is 0 Å². The van der Waals surface area contributed by atoms with Gasteiger partial charge in [0.25, 0.3) is 0 Å². The van der Waals surface area contributed by atoms with Crippen molar-refractivity contribution in [2.45, 2.75) is 19.3 Å². The molecular formula is C12H16N2O. The van der Waals surface area contributed by atoms with Crippen molar-refractivity contribution < 1.29 is 4.79 Å². The summed E-state index contributed by atoms with van der Waals surface area (Å²) in [7, 11) is 0. The minimum absolute atomic E-state index is 0.691. The maximum Gasteiger partial charge on any atom is 0.209 e. The van der Waals surface area contributed by atoms with Gasteiger partial charge in [-0.3, -0.25) is 9.78 Å². The minimum Gasteiger partial charge on any atom is -0.345 e. The number of carbonyl (C=O) groups is 1. The summed E-state index contributed by atoms with van der Waals surface area (Å²) in [6, 6.07) is 6.05. The topological polar surface area (TPSA) is 33.2 Å². The Hall–Kier alpha value is -1.38. The second kappa shape index (κ2) is 4.91. The van der Waals surface area contributed by atoms with Crippen molar-refractivity contribution in [2.24, 2.45) is 5.92 Å². The van der Waals surface area contributed by atoms with Gasteiger partial charge in [0.15, 0.2) is 0 Å². The molecule has 3 heteroatoms. The maximum atomic E-state index is 10.5. The van der Waals surface area contributed by atoms with E-state index >= 15 is 0 Å². The van der Waals surface area contributed by atoms with E-state index in [0.29, 0.717) is 5.92 Å². The first-order chi connectivity index (χ1) is 7.38. The lowest BCUT2D eigenvalue weighted by molar-refractivity contribution is -0.119. The van der Waals surface area contributed by atoms with Crippen LogP contribution in [0.15, 0.2) is 24.4 Å². The summed E-state index contributed by atoms with van der Waals surface area (Å²) in [6.45, 7) is 1.81. The van der Waals surface area contributed by atoms with Crippen LogP contribution in [0.25, 0.3) is 0 Å². The van der Waals surface area contributed by atoms with Crippen LogP contribution >= 0.6 is 0 Å². The first kappa shape index (κ1) is 10.1. The summed E-state index contributed by atoms with van der Waals surface area (Å²) in [5, 5.41) is 0. The van der Waals surface area contributed by atoms with Crippen LogP contribution in [0.1, 0.15) is 18.5 Å². The van der Waals surface area contributed by atoms with Crippen molar-refractivity contribution >= 4 is 6.41 Å². The summed E-state index contributed by atoms with van der Waals surface area (Å²) in [4.78, 5) is 16.7. The smallest absolute Gasteiger partial charge is 0.209 e. The summed E-state index contributed by atoms with van der Waals surface area (Å²) >= 11 is 0. The van der Waals surface area contributed by atoms with E-state index in [1.807, 2.05) is 23.2 Å². The van der Waals surface area contributed by atoms with E-state index in [2.05, 4.69) is 11.1 Å². The van der Waals surface area contributed by atoms with Crippen LogP contribution in [0, 0.1) is 5.92 Å². The Balaban J connectivity index is 1.85. The highest BCUT2D eigenvalue weighted by Crippen LogP contribution is 2.19. The fourth-order valence-electron chi connectivity index (χ4n) is 2.08. The molecule has 0 atom stereocenters. The van der Waals surface area contributed by atoms with Gasteiger partial charge in [0.05, 0.1) is 0 Å². The molecule has 0 bridgehead atoms. The van der Waals surface area contributed by atoms with Crippen molar-refractivity contribution in [3.8, 4) is 0 Å². The van der Waals surface area contributed by atoms with Crippen molar-refractivity contribution in [1.82, 2.24) is 9.88 Å². The molecular weight excluding hydrogens is 188 g/mol. The molecule has 0 unspecified atom stereocenters. The van der Waals surface area contributed by atoms with Crippen molar-refractivity contribution in [1.29, 1.82) is 0 Å². The van der Waals surface area contributed by atoms with E-state index in [4.69, 9.17) is 0 Å². The lowest BCUT2D eigenvalue weighted by Gasteiger charge is -2.28. The second-order valence-electron chi connectivity index (χ2n) is 4.11. The van der Waals surface area contributed by atoms with Crippen molar-refractivity contribution in [2.75, 3.05) is 13.1 Å². The highest BCUT2D eigenvalue weighted by Gasteiger charge is 2.18. The van der Waals surface area contributed by atoms with Gasteiger partial charge in [-0.15, -0.1) is 0 Å². The molecule has 0 saturated carbocycles. The molecule has 3 nitrogen and oxygen atoms in total. The van der Waals surface area contributed by atoms with Gasteiger partial charge < -0.3 is 4.90 Å². The van der Waals surface area contributed by atoms with Crippen LogP contribution < -0.4 is 0 Å². The molecule has 0 aliphatic carbocycles. The molecule has 2 rings (SSSR count). The van der Waals surface area contributed by atoms with Gasteiger partial charge in [-0.05, 0) is 37.3 Å². The highest BCUT2D eigenvalue weighted by atomic mass is 16.1. The number of rotatable bonds is 3. The third-order valence-corrected chi connectivity index (χ3v) is 3.02. The zero-order chi connectivity index (χ0) is 10.5. The third kappa shape index (κ3) is 2.78. The maximum absolute atomic E-state index is 10.5. The lowest BCUT2D eigenvalue weighted by atomic mass is 9.92. The van der Waals surface area contributed by atoms with Crippen LogP contribution in [-0.4, -0.2) is 29.4 Å². The first-order valence-corrected chi connectivity index (χ1v) is 5.48. The predicted molar refractivity (Wildman–Crippen MR) is 58.3 cm³/mol. The molecule has 0 spiro atoms. The van der Waals surface area contributed by atoms with E-state index in [1.54, 1.807) is 0 Å². The quantitative estimate of drug-likeness (QED) is 0.699. The van der Waals surface area contributed by atoms with Crippen molar-refractivity contribution in [3.63, 3.8) is 0 Å². The molecule has 80 valence electrons. The summed E-state index contributed by atoms with van der Waals surface area (Å²) in [6.07, 6.45) is 6.06. The summed E-state index contributed by atoms with van der Waals surface area (Å²) in [5.41, 5.74) is 1.17. The van der Waals surface area contributed by atoms with Gasteiger partial charge in [0.2, 0.25) is 6.41 Å². The normalized spacial score (nSPS) is 17.7. The Morgan fingerprint density at radius 3 is 2.80 bits per heavy atom.